The quantitative estimate of drug-likeness (QED) is 0.747. The monoisotopic (exact) mass is 317 g/mol. The Balaban J connectivity index is 3.05. The van der Waals surface area contributed by atoms with Gasteiger partial charge in [-0.15, -0.1) is 0 Å². The Morgan fingerprint density at radius 2 is 2.07 bits per heavy atom. The number of primary amides is 1. The van der Waals surface area contributed by atoms with E-state index in [-0.39, 0.29) is 3.55 Å². The number of aliphatic imine (C=N–C) groups is 1. The summed E-state index contributed by atoms with van der Waals surface area (Å²) >= 11 is -2.18. The van der Waals surface area contributed by atoms with E-state index >= 15 is 0 Å². The van der Waals surface area contributed by atoms with E-state index in [1.54, 1.807) is 0 Å². The molecule has 15 heavy (non-hydrogen) atoms. The van der Waals surface area contributed by atoms with Gasteiger partial charge in [0.2, 0.25) is 0 Å². The third kappa shape index (κ3) is 2.35. The van der Waals surface area contributed by atoms with E-state index < -0.39 is 24.3 Å². The molecule has 0 radical (unpaired) electrons. The summed E-state index contributed by atoms with van der Waals surface area (Å²) in [5, 5.41) is 3.39. The van der Waals surface area contributed by atoms with Crippen LogP contribution in [0.5, 0.6) is 0 Å². The van der Waals surface area contributed by atoms with Crippen molar-refractivity contribution in [3.8, 4) is 0 Å². The predicted molar refractivity (Wildman–Crippen MR) is 65.3 cm³/mol. The first kappa shape index (κ1) is 12.5. The van der Waals surface area contributed by atoms with Crippen LogP contribution in [0.3, 0.4) is 0 Å². The van der Waals surface area contributed by atoms with Gasteiger partial charge in [-0.25, -0.2) is 0 Å². The van der Waals surface area contributed by atoms with Crippen LogP contribution in [0.1, 0.15) is 13.8 Å². The van der Waals surface area contributed by atoms with E-state index in [4.69, 9.17) is 5.73 Å². The Morgan fingerprint density at radius 3 is 2.40 bits per heavy atom. The number of rotatable bonds is 2. The Hall–Kier alpha value is -0.521. The Kier molecular flexibility index (Phi) is 3.19. The molecular weight excluding hydrogens is 297 g/mol. The van der Waals surface area contributed by atoms with Gasteiger partial charge in [0, 0.05) is 0 Å². The summed E-state index contributed by atoms with van der Waals surface area (Å²) in [6.45, 7) is 4.00. The van der Waals surface area contributed by atoms with Gasteiger partial charge in [-0.1, -0.05) is 0 Å². The first-order valence-corrected chi connectivity index (χ1v) is 15.0. The summed E-state index contributed by atoms with van der Waals surface area (Å²) in [4.78, 5) is 22.2. The van der Waals surface area contributed by atoms with Gasteiger partial charge in [-0.2, -0.15) is 0 Å². The summed E-state index contributed by atoms with van der Waals surface area (Å²) in [6.07, 6.45) is 1.86. The van der Waals surface area contributed by atoms with Crippen LogP contribution in [-0.4, -0.2) is 34.1 Å². The fraction of sp³-hybridized carbons (Fsp3) is 0.600. The molecule has 1 rings (SSSR count). The maximum atomic E-state index is 11.1. The van der Waals surface area contributed by atoms with E-state index in [0.717, 1.165) is 5.70 Å². The van der Waals surface area contributed by atoms with Crippen LogP contribution in [0, 0.1) is 0 Å². The number of allylic oxidation sites excluding steroid dienone is 1. The van der Waals surface area contributed by atoms with Crippen molar-refractivity contribution in [1.29, 1.82) is 0 Å². The molecule has 0 saturated heterocycles. The molecule has 0 aliphatic carbocycles. The van der Waals surface area contributed by atoms with Gasteiger partial charge in [-0.3, -0.25) is 0 Å². The Labute approximate surface area is 94.9 Å². The molecule has 0 fully saturated rings. The van der Waals surface area contributed by atoms with Crippen molar-refractivity contribution >= 4 is 30.5 Å². The van der Waals surface area contributed by atoms with Crippen LogP contribution < -0.4 is 11.1 Å². The SMILES string of the molecule is CC1=C(C(N)=O)N=C[C](C)([Sn]([CH3])([CH3])[CH3])N1. The first-order valence-electron chi connectivity index (χ1n) is 5.01. The normalized spacial score (nSPS) is 26.5. The number of carbonyl (C=O) groups is 1. The maximum absolute atomic E-state index is 11.1. The summed E-state index contributed by atoms with van der Waals surface area (Å²) in [5.74, 6) is -0.470. The first-order chi connectivity index (χ1) is 6.67. The van der Waals surface area contributed by atoms with Gasteiger partial charge < -0.3 is 0 Å². The van der Waals surface area contributed by atoms with Crippen molar-refractivity contribution < 1.29 is 4.79 Å². The van der Waals surface area contributed by atoms with Gasteiger partial charge >= 0.3 is 95.0 Å². The molecule has 0 aromatic carbocycles. The minimum absolute atomic E-state index is 0.0439. The summed E-state index contributed by atoms with van der Waals surface area (Å²) in [6, 6.07) is 0. The van der Waals surface area contributed by atoms with Crippen LogP contribution in [0.25, 0.3) is 0 Å². The van der Waals surface area contributed by atoms with Crippen LogP contribution in [-0.2, 0) is 4.79 Å². The average Bonchev–Trinajstić information content (AvgIpc) is 2.00. The zero-order valence-electron chi connectivity index (χ0n) is 10.0. The molecule has 0 spiro atoms. The van der Waals surface area contributed by atoms with Crippen molar-refractivity contribution in [2.75, 3.05) is 0 Å². The van der Waals surface area contributed by atoms with Crippen molar-refractivity contribution in [2.24, 2.45) is 10.7 Å². The third-order valence-corrected chi connectivity index (χ3v) is 12.7. The molecule has 0 bridgehead atoms. The number of hydrogen-bond acceptors (Lipinski definition) is 3. The van der Waals surface area contributed by atoms with Crippen molar-refractivity contribution in [3.63, 3.8) is 0 Å². The second-order valence-corrected chi connectivity index (χ2v) is 21.0. The van der Waals surface area contributed by atoms with Gasteiger partial charge in [0.15, 0.2) is 0 Å². The van der Waals surface area contributed by atoms with Crippen molar-refractivity contribution in [2.45, 2.75) is 32.2 Å². The van der Waals surface area contributed by atoms with E-state index in [1.807, 2.05) is 13.1 Å². The second-order valence-electron chi connectivity index (χ2n) is 5.17. The molecule has 1 atom stereocenters. The number of amides is 1. The molecule has 84 valence electrons. The fourth-order valence-corrected chi connectivity index (χ4v) is 4.30. The van der Waals surface area contributed by atoms with E-state index in [1.165, 1.54) is 0 Å². The topological polar surface area (TPSA) is 67.5 Å². The Bertz CT molecular complexity index is 354. The average molecular weight is 316 g/mol. The molecule has 3 N–H and O–H groups in total. The van der Waals surface area contributed by atoms with Crippen LogP contribution >= 0.6 is 0 Å². The summed E-state index contributed by atoms with van der Waals surface area (Å²) in [5.41, 5.74) is 6.36. The standard InChI is InChI=1S/C7H10N3O.3CH3.Sn/c1-4-3-9-6(7(8)11)5(2)10-4;;;;/h3,10H,1-2H3,(H2,8,11);3*1H3;. The molecule has 4 nitrogen and oxygen atoms in total. The third-order valence-electron chi connectivity index (χ3n) is 3.05. The molecular formula is C10H19N3OSn. The van der Waals surface area contributed by atoms with E-state index in [2.05, 4.69) is 32.1 Å². The van der Waals surface area contributed by atoms with Crippen molar-refractivity contribution in [3.05, 3.63) is 11.4 Å². The molecule has 1 aliphatic rings. The van der Waals surface area contributed by atoms with Crippen LogP contribution in [0.4, 0.5) is 0 Å². The van der Waals surface area contributed by atoms with Crippen molar-refractivity contribution in [1.82, 2.24) is 5.32 Å². The summed E-state index contributed by atoms with van der Waals surface area (Å²) in [7, 11) is 0. The van der Waals surface area contributed by atoms with Crippen LogP contribution in [0.2, 0.25) is 14.8 Å². The predicted octanol–water partition coefficient (Wildman–Crippen LogP) is 1.01. The molecule has 0 aromatic heterocycles. The number of nitrogens with zero attached hydrogens (tertiary/aromatic N) is 1. The molecule has 5 heteroatoms. The fourth-order valence-electron chi connectivity index (χ4n) is 1.40. The molecule has 1 unspecified atom stereocenters. The number of nitrogens with two attached hydrogens (primary N) is 1. The molecule has 0 saturated carbocycles. The van der Waals surface area contributed by atoms with E-state index in [9.17, 15) is 4.79 Å². The Morgan fingerprint density at radius 1 is 1.53 bits per heavy atom. The number of hydrogen-bond donors (Lipinski definition) is 2. The number of carbonyl (C=O) groups excluding carboxylic acids is 1. The molecule has 1 amide bonds. The minimum atomic E-state index is -2.18. The number of nitrogens with one attached hydrogen (secondary N) is 1. The zero-order chi connectivity index (χ0) is 11.9. The van der Waals surface area contributed by atoms with Gasteiger partial charge in [-0.05, 0) is 0 Å². The van der Waals surface area contributed by atoms with Gasteiger partial charge in [0.25, 0.3) is 0 Å². The van der Waals surface area contributed by atoms with Crippen LogP contribution in [0.15, 0.2) is 16.4 Å². The van der Waals surface area contributed by atoms with E-state index in [0.29, 0.717) is 5.70 Å². The summed E-state index contributed by atoms with van der Waals surface area (Å²) < 4.78 is -0.0439. The molecule has 0 aromatic rings. The van der Waals surface area contributed by atoms with Gasteiger partial charge in [0.05, 0.1) is 0 Å². The van der Waals surface area contributed by atoms with Gasteiger partial charge in [0.1, 0.15) is 0 Å². The second kappa shape index (κ2) is 3.81. The zero-order valence-corrected chi connectivity index (χ0v) is 12.9. The molecule has 1 heterocycles. The molecule has 1 aliphatic heterocycles.